The molecule has 4 rings (SSSR count). The van der Waals surface area contributed by atoms with Crippen LogP contribution in [-0.4, -0.2) is 26.8 Å². The second-order valence-electron chi connectivity index (χ2n) is 5.82. The summed E-state index contributed by atoms with van der Waals surface area (Å²) >= 11 is 9.23. The van der Waals surface area contributed by atoms with Gasteiger partial charge in [0, 0.05) is 11.1 Å². The molecular weight excluding hydrogens is 431 g/mol. The van der Waals surface area contributed by atoms with Crippen LogP contribution in [0.5, 0.6) is 0 Å². The molecule has 5 nitrogen and oxygen atoms in total. The van der Waals surface area contributed by atoms with E-state index in [9.17, 15) is 9.18 Å². The van der Waals surface area contributed by atoms with Gasteiger partial charge < -0.3 is 5.32 Å². The SMILES string of the molecule is CSc1cc(C(=O)Nc2ccc(F)c(C#Cc3nnc4cccc(Cl)n34)c2)cs1. The van der Waals surface area contributed by atoms with Gasteiger partial charge in [0.1, 0.15) is 11.0 Å². The van der Waals surface area contributed by atoms with Gasteiger partial charge in [-0.05, 0) is 48.6 Å². The Bertz CT molecular complexity index is 1290. The molecule has 9 heteroatoms. The first-order valence-electron chi connectivity index (χ1n) is 8.30. The summed E-state index contributed by atoms with van der Waals surface area (Å²) in [6.45, 7) is 0. The number of rotatable bonds is 3. The third kappa shape index (κ3) is 4.12. The molecule has 1 N–H and O–H groups in total. The van der Waals surface area contributed by atoms with Crippen LogP contribution in [0.2, 0.25) is 5.15 Å². The van der Waals surface area contributed by atoms with Gasteiger partial charge in [-0.3, -0.25) is 9.20 Å². The lowest BCUT2D eigenvalue weighted by Gasteiger charge is -2.05. The van der Waals surface area contributed by atoms with E-state index in [1.807, 2.05) is 12.3 Å². The third-order valence-electron chi connectivity index (χ3n) is 3.95. The van der Waals surface area contributed by atoms with E-state index in [1.54, 1.807) is 39.7 Å². The lowest BCUT2D eigenvalue weighted by Crippen LogP contribution is -2.11. The highest BCUT2D eigenvalue weighted by atomic mass is 35.5. The van der Waals surface area contributed by atoms with Crippen molar-refractivity contribution in [1.82, 2.24) is 14.6 Å². The van der Waals surface area contributed by atoms with E-state index in [-0.39, 0.29) is 11.5 Å². The average Bonchev–Trinajstić information content (AvgIpc) is 3.36. The Labute approximate surface area is 178 Å². The Morgan fingerprint density at radius 3 is 2.90 bits per heavy atom. The summed E-state index contributed by atoms with van der Waals surface area (Å²) in [6.07, 6.45) is 1.95. The predicted molar refractivity (Wildman–Crippen MR) is 114 cm³/mol. The lowest BCUT2D eigenvalue weighted by molar-refractivity contribution is 0.102. The first-order chi connectivity index (χ1) is 14.0. The third-order valence-corrected chi connectivity index (χ3v) is 6.28. The van der Waals surface area contributed by atoms with Crippen LogP contribution in [0.4, 0.5) is 10.1 Å². The molecule has 0 aliphatic heterocycles. The molecule has 1 aromatic carbocycles. The van der Waals surface area contributed by atoms with Gasteiger partial charge in [-0.15, -0.1) is 33.3 Å². The topological polar surface area (TPSA) is 59.3 Å². The highest BCUT2D eigenvalue weighted by molar-refractivity contribution is 8.00. The molecule has 0 saturated carbocycles. The van der Waals surface area contributed by atoms with Crippen molar-refractivity contribution in [2.75, 3.05) is 11.6 Å². The van der Waals surface area contributed by atoms with Gasteiger partial charge in [-0.25, -0.2) is 4.39 Å². The second kappa shape index (κ2) is 8.25. The van der Waals surface area contributed by atoms with Crippen molar-refractivity contribution in [2.45, 2.75) is 4.21 Å². The molecule has 0 atom stereocenters. The van der Waals surface area contributed by atoms with Crippen molar-refractivity contribution in [1.29, 1.82) is 0 Å². The highest BCUT2D eigenvalue weighted by Gasteiger charge is 2.11. The van der Waals surface area contributed by atoms with E-state index in [1.165, 1.54) is 29.5 Å². The van der Waals surface area contributed by atoms with Gasteiger partial charge in [0.05, 0.1) is 15.3 Å². The molecule has 4 aromatic rings. The number of halogens is 2. The Balaban J connectivity index is 1.61. The number of thiophene rings is 1. The fourth-order valence-electron chi connectivity index (χ4n) is 2.55. The maximum Gasteiger partial charge on any atom is 0.256 e. The number of amides is 1. The summed E-state index contributed by atoms with van der Waals surface area (Å²) in [6, 6.07) is 11.2. The fourth-order valence-corrected chi connectivity index (χ4v) is 4.18. The normalized spacial score (nSPS) is 10.6. The zero-order chi connectivity index (χ0) is 20.4. The molecule has 144 valence electrons. The number of carbonyl (C=O) groups is 1. The number of nitrogens with one attached hydrogen (secondary N) is 1. The van der Waals surface area contributed by atoms with E-state index in [0.29, 0.717) is 27.9 Å². The predicted octanol–water partition coefficient (Wildman–Crippen LogP) is 4.96. The zero-order valence-corrected chi connectivity index (χ0v) is 17.3. The monoisotopic (exact) mass is 442 g/mol. The van der Waals surface area contributed by atoms with Gasteiger partial charge in [0.25, 0.3) is 5.91 Å². The first kappa shape index (κ1) is 19.5. The Morgan fingerprint density at radius 2 is 2.10 bits per heavy atom. The minimum absolute atomic E-state index is 0.127. The Kier molecular flexibility index (Phi) is 5.53. The van der Waals surface area contributed by atoms with Crippen LogP contribution in [0.3, 0.4) is 0 Å². The van der Waals surface area contributed by atoms with Gasteiger partial charge >= 0.3 is 0 Å². The quantitative estimate of drug-likeness (QED) is 0.277. The Morgan fingerprint density at radius 1 is 1.24 bits per heavy atom. The Hall–Kier alpha value is -2.86. The minimum Gasteiger partial charge on any atom is -0.322 e. The number of nitrogens with zero attached hydrogens (tertiary/aromatic N) is 3. The number of aromatic nitrogens is 3. The van der Waals surface area contributed by atoms with Gasteiger partial charge in [-0.2, -0.15) is 0 Å². The summed E-state index contributed by atoms with van der Waals surface area (Å²) in [5.41, 5.74) is 1.67. The molecule has 0 aliphatic carbocycles. The van der Waals surface area contributed by atoms with Crippen molar-refractivity contribution in [3.63, 3.8) is 0 Å². The number of anilines is 1. The van der Waals surface area contributed by atoms with Crippen molar-refractivity contribution in [3.8, 4) is 11.8 Å². The molecular formula is C20H12ClFN4OS2. The van der Waals surface area contributed by atoms with Crippen molar-refractivity contribution in [3.05, 3.63) is 75.8 Å². The molecule has 0 saturated heterocycles. The maximum atomic E-state index is 14.2. The van der Waals surface area contributed by atoms with Crippen LogP contribution >= 0.6 is 34.7 Å². The maximum absolute atomic E-state index is 14.2. The van der Waals surface area contributed by atoms with E-state index in [4.69, 9.17) is 11.6 Å². The summed E-state index contributed by atoms with van der Waals surface area (Å²) in [4.78, 5) is 12.4. The van der Waals surface area contributed by atoms with Gasteiger partial charge in [-0.1, -0.05) is 23.6 Å². The highest BCUT2D eigenvalue weighted by Crippen LogP contribution is 2.25. The number of hydrogen-bond donors (Lipinski definition) is 1. The van der Waals surface area contributed by atoms with Crippen molar-refractivity contribution >= 4 is 51.9 Å². The van der Waals surface area contributed by atoms with Crippen LogP contribution < -0.4 is 5.32 Å². The first-order valence-corrected chi connectivity index (χ1v) is 10.8. The molecule has 0 bridgehead atoms. The minimum atomic E-state index is -0.504. The molecule has 0 radical (unpaired) electrons. The largest absolute Gasteiger partial charge is 0.322 e. The van der Waals surface area contributed by atoms with E-state index in [0.717, 1.165) is 4.21 Å². The molecule has 0 fully saturated rings. The van der Waals surface area contributed by atoms with Crippen molar-refractivity contribution < 1.29 is 9.18 Å². The smallest absolute Gasteiger partial charge is 0.256 e. The van der Waals surface area contributed by atoms with Crippen LogP contribution in [-0.2, 0) is 0 Å². The molecule has 29 heavy (non-hydrogen) atoms. The average molecular weight is 443 g/mol. The number of fused-ring (bicyclic) bond motifs is 1. The van der Waals surface area contributed by atoms with Gasteiger partial charge in [0.15, 0.2) is 5.65 Å². The molecule has 3 heterocycles. The summed E-state index contributed by atoms with van der Waals surface area (Å²) in [5.74, 6) is 5.06. The number of hydrogen-bond acceptors (Lipinski definition) is 5. The van der Waals surface area contributed by atoms with E-state index >= 15 is 0 Å². The second-order valence-corrected chi connectivity index (χ2v) is 8.23. The van der Waals surface area contributed by atoms with Gasteiger partial charge in [0.2, 0.25) is 5.82 Å². The van der Waals surface area contributed by atoms with E-state index < -0.39 is 5.82 Å². The molecule has 1 amide bonds. The molecule has 0 spiro atoms. The molecule has 0 unspecified atom stereocenters. The number of carbonyl (C=O) groups excluding carboxylic acids is 1. The van der Waals surface area contributed by atoms with Crippen molar-refractivity contribution in [2.24, 2.45) is 0 Å². The summed E-state index contributed by atoms with van der Waals surface area (Å²) < 4.78 is 16.8. The number of pyridine rings is 1. The standard InChI is InChI=1S/C20H12ClFN4OS2/c1-28-19-10-13(11-29-19)20(27)23-14-6-7-15(22)12(9-14)5-8-18-25-24-17-4-2-3-16(21)26(17)18/h2-4,6-7,9-11H,1H3,(H,23,27). The number of benzene rings is 1. The van der Waals surface area contributed by atoms with Crippen LogP contribution in [0.25, 0.3) is 5.65 Å². The number of thioether (sulfide) groups is 1. The van der Waals surface area contributed by atoms with Crippen LogP contribution in [0, 0.1) is 17.7 Å². The lowest BCUT2D eigenvalue weighted by atomic mass is 10.2. The van der Waals surface area contributed by atoms with E-state index in [2.05, 4.69) is 27.4 Å². The summed E-state index contributed by atoms with van der Waals surface area (Å²) in [7, 11) is 0. The fraction of sp³-hybridized carbons (Fsp3) is 0.0500. The van der Waals surface area contributed by atoms with Crippen LogP contribution in [0.15, 0.2) is 52.1 Å². The molecule has 3 aromatic heterocycles. The zero-order valence-electron chi connectivity index (χ0n) is 14.9. The summed E-state index contributed by atoms with van der Waals surface area (Å²) in [5, 5.41) is 12.9. The molecule has 0 aliphatic rings. The van der Waals surface area contributed by atoms with Crippen LogP contribution in [0.1, 0.15) is 21.7 Å².